The summed E-state index contributed by atoms with van der Waals surface area (Å²) in [6.45, 7) is 4.49. The maximum atomic E-state index is 11.9. The number of aryl methyl sites for hydroxylation is 1. The lowest BCUT2D eigenvalue weighted by molar-refractivity contribution is 0.114. The van der Waals surface area contributed by atoms with Gasteiger partial charge in [0.2, 0.25) is 0 Å². The van der Waals surface area contributed by atoms with Crippen molar-refractivity contribution in [1.82, 2.24) is 20.4 Å². The first-order valence-electron chi connectivity index (χ1n) is 8.19. The Labute approximate surface area is 144 Å². The van der Waals surface area contributed by atoms with Gasteiger partial charge >= 0.3 is 6.03 Å². The summed E-state index contributed by atoms with van der Waals surface area (Å²) in [6.07, 6.45) is 1.86. The maximum absolute atomic E-state index is 11.9. The van der Waals surface area contributed by atoms with Crippen LogP contribution in [0.25, 0.3) is 0 Å². The van der Waals surface area contributed by atoms with Crippen LogP contribution in [0.1, 0.15) is 12.0 Å². The second-order valence-corrected chi connectivity index (χ2v) is 6.70. The second-order valence-electron chi connectivity index (χ2n) is 6.26. The number of rotatable bonds is 6. The number of nitrogens with one attached hydrogen (secondary N) is 2. The molecule has 1 aliphatic rings. The molecule has 0 bridgehead atoms. The molecule has 1 heterocycles. The lowest BCUT2D eigenvalue weighted by atomic mass is 10.1. The van der Waals surface area contributed by atoms with Gasteiger partial charge in [0, 0.05) is 43.8 Å². The Morgan fingerprint density at radius 2 is 1.96 bits per heavy atom. The normalized spacial score (nSPS) is 19.5. The molecule has 0 radical (unpaired) electrons. The van der Waals surface area contributed by atoms with E-state index in [0.717, 1.165) is 37.5 Å². The number of nitrogens with zero attached hydrogens (tertiary/aromatic N) is 2. The number of halogens is 1. The van der Waals surface area contributed by atoms with Crippen molar-refractivity contribution in [1.29, 1.82) is 0 Å². The molecule has 1 atom stereocenters. The van der Waals surface area contributed by atoms with Crippen molar-refractivity contribution in [2.45, 2.75) is 18.9 Å². The van der Waals surface area contributed by atoms with Crippen molar-refractivity contribution in [3.8, 4) is 0 Å². The van der Waals surface area contributed by atoms with Crippen LogP contribution in [0.5, 0.6) is 0 Å². The van der Waals surface area contributed by atoms with Crippen molar-refractivity contribution >= 4 is 17.6 Å². The Balaban J connectivity index is 1.58. The summed E-state index contributed by atoms with van der Waals surface area (Å²) in [5, 5.41) is 6.65. The van der Waals surface area contributed by atoms with E-state index >= 15 is 0 Å². The Kier molecular flexibility index (Phi) is 7.15. The predicted octanol–water partition coefficient (Wildman–Crippen LogP) is 1.82. The molecule has 1 fully saturated rings. The van der Waals surface area contributed by atoms with Crippen molar-refractivity contribution < 1.29 is 4.79 Å². The number of benzene rings is 1. The van der Waals surface area contributed by atoms with Crippen LogP contribution < -0.4 is 10.6 Å². The molecule has 128 valence electrons. The molecule has 2 amide bonds. The molecule has 23 heavy (non-hydrogen) atoms. The number of likely N-dealkylation sites (N-methyl/N-ethyl adjacent to an activating group) is 2. The summed E-state index contributed by atoms with van der Waals surface area (Å²) in [7, 11) is 4.24. The molecular weight excluding hydrogens is 312 g/mol. The molecule has 0 spiro atoms. The summed E-state index contributed by atoms with van der Waals surface area (Å²) in [5.41, 5.74) is 1.24. The highest BCUT2D eigenvalue weighted by atomic mass is 35.5. The molecule has 5 nitrogen and oxygen atoms in total. The lowest BCUT2D eigenvalue weighted by Gasteiger charge is -2.37. The molecule has 1 aromatic rings. The van der Waals surface area contributed by atoms with Gasteiger partial charge in [-0.15, -0.1) is 0 Å². The summed E-state index contributed by atoms with van der Waals surface area (Å²) in [5.74, 6) is 0. The first kappa shape index (κ1) is 18.0. The van der Waals surface area contributed by atoms with Gasteiger partial charge in [-0.25, -0.2) is 4.79 Å². The molecule has 0 aromatic heterocycles. The fourth-order valence-corrected chi connectivity index (χ4v) is 2.87. The van der Waals surface area contributed by atoms with Gasteiger partial charge in [0.1, 0.15) is 0 Å². The summed E-state index contributed by atoms with van der Waals surface area (Å²) in [6, 6.07) is 8.15. The van der Waals surface area contributed by atoms with Crippen LogP contribution in [0.4, 0.5) is 4.79 Å². The molecule has 6 heteroatoms. The third kappa shape index (κ3) is 6.37. The standard InChI is InChI=1S/C17H27ClN4O/c1-21-10-11-22(2)16(13-21)12-20-17(23)19-9-3-4-14-5-7-15(18)8-6-14/h5-8,16H,3-4,9-13H2,1-2H3,(H2,19,20,23)/t16-/m1/s1. The fourth-order valence-electron chi connectivity index (χ4n) is 2.74. The average molecular weight is 339 g/mol. The lowest BCUT2D eigenvalue weighted by Crippen LogP contribution is -2.55. The quantitative estimate of drug-likeness (QED) is 0.778. The SMILES string of the molecule is CN1CCN(C)[C@H](CNC(=O)NCCCc2ccc(Cl)cc2)C1. The van der Waals surface area contributed by atoms with Crippen LogP contribution in [-0.2, 0) is 6.42 Å². The topological polar surface area (TPSA) is 47.6 Å². The van der Waals surface area contributed by atoms with Crippen LogP contribution in [0, 0.1) is 0 Å². The van der Waals surface area contributed by atoms with Crippen molar-refractivity contribution in [3.05, 3.63) is 34.9 Å². The van der Waals surface area contributed by atoms with E-state index < -0.39 is 0 Å². The zero-order valence-corrected chi connectivity index (χ0v) is 14.8. The number of urea groups is 1. The Hall–Kier alpha value is -1.30. The first-order valence-corrected chi connectivity index (χ1v) is 8.57. The molecule has 1 aliphatic heterocycles. The third-order valence-electron chi connectivity index (χ3n) is 4.32. The molecule has 0 aliphatic carbocycles. The highest BCUT2D eigenvalue weighted by Gasteiger charge is 2.22. The van der Waals surface area contributed by atoms with Gasteiger partial charge in [0.05, 0.1) is 0 Å². The highest BCUT2D eigenvalue weighted by Crippen LogP contribution is 2.10. The summed E-state index contributed by atoms with van der Waals surface area (Å²) >= 11 is 5.86. The number of hydrogen-bond donors (Lipinski definition) is 2. The zero-order chi connectivity index (χ0) is 16.7. The van der Waals surface area contributed by atoms with Gasteiger partial charge in [-0.2, -0.15) is 0 Å². The van der Waals surface area contributed by atoms with Crippen molar-refractivity contribution in [2.75, 3.05) is 46.8 Å². The van der Waals surface area contributed by atoms with E-state index in [4.69, 9.17) is 11.6 Å². The smallest absolute Gasteiger partial charge is 0.314 e. The molecule has 2 rings (SSSR count). The van der Waals surface area contributed by atoms with Crippen LogP contribution >= 0.6 is 11.6 Å². The van der Waals surface area contributed by atoms with E-state index in [-0.39, 0.29) is 6.03 Å². The minimum absolute atomic E-state index is 0.0808. The van der Waals surface area contributed by atoms with E-state index in [1.165, 1.54) is 5.56 Å². The largest absolute Gasteiger partial charge is 0.338 e. The van der Waals surface area contributed by atoms with Gasteiger partial charge in [0.25, 0.3) is 0 Å². The molecular formula is C17H27ClN4O. The minimum atomic E-state index is -0.0808. The van der Waals surface area contributed by atoms with E-state index in [1.54, 1.807) is 0 Å². The minimum Gasteiger partial charge on any atom is -0.338 e. The van der Waals surface area contributed by atoms with E-state index in [9.17, 15) is 4.79 Å². The first-order chi connectivity index (χ1) is 11.0. The summed E-state index contributed by atoms with van der Waals surface area (Å²) < 4.78 is 0. The van der Waals surface area contributed by atoms with Crippen LogP contribution in [0.15, 0.2) is 24.3 Å². The summed E-state index contributed by atoms with van der Waals surface area (Å²) in [4.78, 5) is 16.5. The Bertz CT molecular complexity index is 494. The van der Waals surface area contributed by atoms with Gasteiger partial charge in [-0.3, -0.25) is 4.90 Å². The van der Waals surface area contributed by atoms with E-state index in [0.29, 0.717) is 19.1 Å². The molecule has 0 saturated carbocycles. The Morgan fingerprint density at radius 3 is 2.70 bits per heavy atom. The van der Waals surface area contributed by atoms with Crippen molar-refractivity contribution in [2.24, 2.45) is 0 Å². The number of hydrogen-bond acceptors (Lipinski definition) is 3. The average Bonchev–Trinajstić information content (AvgIpc) is 2.54. The monoisotopic (exact) mass is 338 g/mol. The number of amides is 2. The van der Waals surface area contributed by atoms with Gasteiger partial charge in [-0.05, 0) is 44.6 Å². The fraction of sp³-hybridized carbons (Fsp3) is 0.588. The van der Waals surface area contributed by atoms with Crippen LogP contribution in [0.3, 0.4) is 0 Å². The third-order valence-corrected chi connectivity index (χ3v) is 4.57. The molecule has 0 unspecified atom stereocenters. The Morgan fingerprint density at radius 1 is 1.22 bits per heavy atom. The van der Waals surface area contributed by atoms with Crippen LogP contribution in [-0.4, -0.2) is 68.7 Å². The van der Waals surface area contributed by atoms with E-state index in [1.807, 2.05) is 24.3 Å². The highest BCUT2D eigenvalue weighted by molar-refractivity contribution is 6.30. The molecule has 1 aromatic carbocycles. The number of carbonyl (C=O) groups excluding carboxylic acids is 1. The molecule has 2 N–H and O–H groups in total. The maximum Gasteiger partial charge on any atom is 0.314 e. The zero-order valence-electron chi connectivity index (χ0n) is 14.0. The second kappa shape index (κ2) is 9.11. The van der Waals surface area contributed by atoms with Gasteiger partial charge < -0.3 is 15.5 Å². The predicted molar refractivity (Wildman–Crippen MR) is 95.1 cm³/mol. The number of piperazine rings is 1. The molecule has 1 saturated heterocycles. The van der Waals surface area contributed by atoms with Gasteiger partial charge in [0.15, 0.2) is 0 Å². The van der Waals surface area contributed by atoms with Gasteiger partial charge in [-0.1, -0.05) is 23.7 Å². The number of carbonyl (C=O) groups is 1. The van der Waals surface area contributed by atoms with Crippen molar-refractivity contribution in [3.63, 3.8) is 0 Å². The van der Waals surface area contributed by atoms with E-state index in [2.05, 4.69) is 34.5 Å². The van der Waals surface area contributed by atoms with Crippen LogP contribution in [0.2, 0.25) is 5.02 Å².